The Labute approximate surface area is 96.1 Å². The topological polar surface area (TPSA) is 18.5 Å². The molecule has 0 radical (unpaired) electrons. The zero-order valence-electron chi connectivity index (χ0n) is 9.20. The molecule has 0 saturated carbocycles. The first kappa shape index (κ1) is 12.3. The third-order valence-corrected chi connectivity index (χ3v) is 2.34. The van der Waals surface area contributed by atoms with Crippen molar-refractivity contribution in [1.82, 2.24) is 0 Å². The van der Waals surface area contributed by atoms with Gasteiger partial charge >= 0.3 is 0 Å². The predicted molar refractivity (Wildman–Crippen MR) is 62.2 cm³/mol. The van der Waals surface area contributed by atoms with E-state index in [-0.39, 0.29) is 6.10 Å². The van der Waals surface area contributed by atoms with Crippen LogP contribution in [0.1, 0.15) is 33.1 Å². The van der Waals surface area contributed by atoms with Crippen LogP contribution in [0.4, 0.5) is 0 Å². The van der Waals surface area contributed by atoms with Gasteiger partial charge in [0.2, 0.25) is 0 Å². The Morgan fingerprint density at radius 2 is 1.93 bits per heavy atom. The maximum absolute atomic E-state index is 5.75. The van der Waals surface area contributed by atoms with Crippen molar-refractivity contribution < 1.29 is 9.78 Å². The number of halogens is 1. The third kappa shape index (κ3) is 5.05. The quantitative estimate of drug-likeness (QED) is 0.536. The van der Waals surface area contributed by atoms with Gasteiger partial charge < -0.3 is 4.89 Å². The zero-order chi connectivity index (χ0) is 11.1. The summed E-state index contributed by atoms with van der Waals surface area (Å²) in [5.74, 6) is 0.683. The highest BCUT2D eigenvalue weighted by Crippen LogP contribution is 2.16. The normalized spacial score (nSPS) is 12.5. The van der Waals surface area contributed by atoms with Gasteiger partial charge in [0.25, 0.3) is 0 Å². The minimum absolute atomic E-state index is 0.126. The molecule has 0 heterocycles. The van der Waals surface area contributed by atoms with Crippen molar-refractivity contribution in [3.8, 4) is 5.75 Å². The molecule has 0 fully saturated rings. The van der Waals surface area contributed by atoms with Crippen LogP contribution in [0.5, 0.6) is 5.75 Å². The van der Waals surface area contributed by atoms with Crippen LogP contribution in [-0.4, -0.2) is 6.10 Å². The molecular formula is C12H17ClO2. The first-order valence-electron chi connectivity index (χ1n) is 5.31. The summed E-state index contributed by atoms with van der Waals surface area (Å²) in [5.41, 5.74) is 0. The van der Waals surface area contributed by atoms with Crippen LogP contribution in [0.2, 0.25) is 5.02 Å². The molecule has 0 spiro atoms. The Hall–Kier alpha value is -0.730. The van der Waals surface area contributed by atoms with Crippen LogP contribution in [0.25, 0.3) is 0 Å². The first-order chi connectivity index (χ1) is 7.22. The summed E-state index contributed by atoms with van der Waals surface area (Å²) in [6.45, 7) is 4.17. The molecule has 0 aliphatic heterocycles. The Kier molecular flexibility index (Phi) is 5.51. The highest BCUT2D eigenvalue weighted by molar-refractivity contribution is 6.30. The van der Waals surface area contributed by atoms with Crippen LogP contribution >= 0.6 is 11.6 Å². The van der Waals surface area contributed by atoms with Crippen molar-refractivity contribution in [3.05, 3.63) is 29.3 Å². The number of rotatable bonds is 6. The second kappa shape index (κ2) is 6.70. The maximum atomic E-state index is 5.75. The number of benzene rings is 1. The van der Waals surface area contributed by atoms with Crippen molar-refractivity contribution in [2.24, 2.45) is 0 Å². The van der Waals surface area contributed by atoms with E-state index in [0.29, 0.717) is 10.8 Å². The minimum atomic E-state index is 0.126. The van der Waals surface area contributed by atoms with E-state index in [1.165, 1.54) is 6.42 Å². The predicted octanol–water partition coefficient (Wildman–Crippen LogP) is 4.23. The van der Waals surface area contributed by atoms with Crippen LogP contribution in [0, 0.1) is 0 Å². The van der Waals surface area contributed by atoms with E-state index >= 15 is 0 Å². The van der Waals surface area contributed by atoms with Gasteiger partial charge in [0.1, 0.15) is 6.10 Å². The van der Waals surface area contributed by atoms with Gasteiger partial charge in [0.05, 0.1) is 0 Å². The van der Waals surface area contributed by atoms with E-state index in [9.17, 15) is 0 Å². The third-order valence-electron chi connectivity index (χ3n) is 2.09. The molecule has 1 atom stereocenters. The fraction of sp³-hybridized carbons (Fsp3) is 0.500. The summed E-state index contributed by atoms with van der Waals surface area (Å²) in [6, 6.07) is 7.12. The lowest BCUT2D eigenvalue weighted by Gasteiger charge is -2.11. The lowest BCUT2D eigenvalue weighted by molar-refractivity contribution is -0.241. The molecule has 0 bridgehead atoms. The SMILES string of the molecule is CCCCC(C)OOc1ccc(Cl)cc1. The van der Waals surface area contributed by atoms with Crippen LogP contribution in [-0.2, 0) is 4.89 Å². The van der Waals surface area contributed by atoms with Gasteiger partial charge in [-0.25, -0.2) is 0 Å². The molecule has 0 aliphatic rings. The highest BCUT2D eigenvalue weighted by Gasteiger charge is 2.03. The Balaban J connectivity index is 2.27. The molecule has 0 aromatic heterocycles. The number of hydrogen-bond acceptors (Lipinski definition) is 2. The fourth-order valence-electron chi connectivity index (χ4n) is 1.17. The molecule has 0 amide bonds. The van der Waals surface area contributed by atoms with Gasteiger partial charge in [0.15, 0.2) is 5.75 Å². The standard InChI is InChI=1S/C12H17ClO2/c1-3-4-5-10(2)14-15-12-8-6-11(13)7-9-12/h6-10H,3-5H2,1-2H3. The molecular weight excluding hydrogens is 212 g/mol. The van der Waals surface area contributed by atoms with Gasteiger partial charge in [0, 0.05) is 5.02 Å². The van der Waals surface area contributed by atoms with E-state index < -0.39 is 0 Å². The van der Waals surface area contributed by atoms with Gasteiger partial charge in [-0.15, -0.1) is 0 Å². The van der Waals surface area contributed by atoms with Crippen LogP contribution < -0.4 is 4.89 Å². The van der Waals surface area contributed by atoms with Crippen molar-refractivity contribution in [1.29, 1.82) is 0 Å². The van der Waals surface area contributed by atoms with Crippen LogP contribution in [0.3, 0.4) is 0 Å². The second-order valence-electron chi connectivity index (χ2n) is 3.59. The highest BCUT2D eigenvalue weighted by atomic mass is 35.5. The van der Waals surface area contributed by atoms with E-state index in [0.717, 1.165) is 12.8 Å². The van der Waals surface area contributed by atoms with Gasteiger partial charge in [-0.3, -0.25) is 0 Å². The molecule has 0 N–H and O–H groups in total. The summed E-state index contributed by atoms with van der Waals surface area (Å²) >= 11 is 5.75. The zero-order valence-corrected chi connectivity index (χ0v) is 9.96. The molecule has 1 unspecified atom stereocenters. The lowest BCUT2D eigenvalue weighted by Crippen LogP contribution is -2.10. The van der Waals surface area contributed by atoms with Crippen molar-refractivity contribution in [2.45, 2.75) is 39.2 Å². The molecule has 1 rings (SSSR count). The number of unbranched alkanes of at least 4 members (excludes halogenated alkanes) is 1. The maximum Gasteiger partial charge on any atom is 0.165 e. The van der Waals surface area contributed by atoms with Crippen LogP contribution in [0.15, 0.2) is 24.3 Å². The summed E-state index contributed by atoms with van der Waals surface area (Å²) in [5, 5.41) is 0.696. The Morgan fingerprint density at radius 3 is 2.53 bits per heavy atom. The Bertz CT molecular complexity index is 271. The lowest BCUT2D eigenvalue weighted by atomic mass is 10.2. The van der Waals surface area contributed by atoms with Crippen molar-refractivity contribution in [2.75, 3.05) is 0 Å². The van der Waals surface area contributed by atoms with E-state index in [4.69, 9.17) is 21.4 Å². The summed E-state index contributed by atoms with van der Waals surface area (Å²) in [6.07, 6.45) is 3.48. The van der Waals surface area contributed by atoms with Crippen molar-refractivity contribution >= 4 is 11.6 Å². The number of hydrogen-bond donors (Lipinski definition) is 0. The first-order valence-corrected chi connectivity index (χ1v) is 5.69. The molecule has 15 heavy (non-hydrogen) atoms. The average molecular weight is 229 g/mol. The molecule has 84 valence electrons. The van der Waals surface area contributed by atoms with Gasteiger partial charge in [-0.1, -0.05) is 31.4 Å². The van der Waals surface area contributed by atoms with Crippen molar-refractivity contribution in [3.63, 3.8) is 0 Å². The largest absolute Gasteiger partial charge is 0.337 e. The average Bonchev–Trinajstić information content (AvgIpc) is 2.25. The molecule has 1 aromatic carbocycles. The Morgan fingerprint density at radius 1 is 1.27 bits per heavy atom. The molecule has 0 saturated heterocycles. The smallest absolute Gasteiger partial charge is 0.165 e. The summed E-state index contributed by atoms with van der Waals surface area (Å²) in [4.78, 5) is 10.4. The molecule has 3 heteroatoms. The van der Waals surface area contributed by atoms with E-state index in [1.54, 1.807) is 24.3 Å². The fourth-order valence-corrected chi connectivity index (χ4v) is 1.29. The molecule has 2 nitrogen and oxygen atoms in total. The molecule has 1 aromatic rings. The molecule has 0 aliphatic carbocycles. The summed E-state index contributed by atoms with van der Waals surface area (Å²) in [7, 11) is 0. The van der Waals surface area contributed by atoms with E-state index in [2.05, 4.69) is 6.92 Å². The second-order valence-corrected chi connectivity index (χ2v) is 4.02. The summed E-state index contributed by atoms with van der Waals surface area (Å²) < 4.78 is 0. The van der Waals surface area contributed by atoms with E-state index in [1.807, 2.05) is 6.92 Å². The van der Waals surface area contributed by atoms with Gasteiger partial charge in [-0.2, -0.15) is 4.89 Å². The monoisotopic (exact) mass is 228 g/mol. The minimum Gasteiger partial charge on any atom is -0.337 e. The van der Waals surface area contributed by atoms with Gasteiger partial charge in [-0.05, 0) is 37.6 Å².